The van der Waals surface area contributed by atoms with E-state index >= 15 is 0 Å². The second-order valence-electron chi connectivity index (χ2n) is 4.71. The standard InChI is InChI=1S/C12H16ClN3O/c1-12(4-5-12)15-7-9-3-2-8(6-10(9)13)11(14)16-17/h2-3,6,15,17H,4-5,7H2,1H3,(H2,14,16). The third kappa shape index (κ3) is 2.90. The van der Waals surface area contributed by atoms with E-state index in [0.717, 1.165) is 12.1 Å². The molecule has 1 aliphatic carbocycles. The van der Waals surface area contributed by atoms with Gasteiger partial charge in [0.05, 0.1) is 0 Å². The zero-order chi connectivity index (χ0) is 12.5. The molecule has 0 bridgehead atoms. The van der Waals surface area contributed by atoms with Crippen molar-refractivity contribution in [2.45, 2.75) is 31.8 Å². The molecule has 0 atom stereocenters. The first-order chi connectivity index (χ1) is 8.04. The molecule has 0 aromatic heterocycles. The van der Waals surface area contributed by atoms with Gasteiger partial charge in [0, 0.05) is 22.7 Å². The number of nitrogens with zero attached hydrogens (tertiary/aromatic N) is 1. The van der Waals surface area contributed by atoms with Crippen molar-refractivity contribution in [3.8, 4) is 0 Å². The summed E-state index contributed by atoms with van der Waals surface area (Å²) in [7, 11) is 0. The van der Waals surface area contributed by atoms with Gasteiger partial charge in [0.15, 0.2) is 5.84 Å². The Morgan fingerprint density at radius 2 is 2.29 bits per heavy atom. The van der Waals surface area contributed by atoms with Crippen LogP contribution >= 0.6 is 11.6 Å². The number of nitrogens with one attached hydrogen (secondary N) is 1. The summed E-state index contributed by atoms with van der Waals surface area (Å²) in [6, 6.07) is 5.41. The molecule has 4 nitrogen and oxygen atoms in total. The lowest BCUT2D eigenvalue weighted by Gasteiger charge is -2.12. The van der Waals surface area contributed by atoms with Crippen LogP contribution in [0.15, 0.2) is 23.4 Å². The summed E-state index contributed by atoms with van der Waals surface area (Å²) in [5.74, 6) is 0.0700. The Morgan fingerprint density at radius 1 is 1.59 bits per heavy atom. The lowest BCUT2D eigenvalue weighted by Crippen LogP contribution is -2.27. The molecule has 5 heteroatoms. The molecule has 0 radical (unpaired) electrons. The summed E-state index contributed by atoms with van der Waals surface area (Å²) in [5, 5.41) is 15.6. The highest BCUT2D eigenvalue weighted by molar-refractivity contribution is 6.31. The van der Waals surface area contributed by atoms with Gasteiger partial charge in [0.25, 0.3) is 0 Å². The quantitative estimate of drug-likeness (QED) is 0.333. The fourth-order valence-electron chi connectivity index (χ4n) is 1.58. The molecule has 1 fully saturated rings. The fourth-order valence-corrected chi connectivity index (χ4v) is 1.83. The van der Waals surface area contributed by atoms with Crippen molar-refractivity contribution in [2.24, 2.45) is 10.9 Å². The predicted molar refractivity (Wildman–Crippen MR) is 68.4 cm³/mol. The Hall–Kier alpha value is -1.26. The SMILES string of the molecule is CC1(NCc2ccc(/C(N)=N/O)cc2Cl)CC1. The number of halogens is 1. The minimum absolute atomic E-state index is 0.0700. The van der Waals surface area contributed by atoms with Gasteiger partial charge in [-0.05, 0) is 31.4 Å². The lowest BCUT2D eigenvalue weighted by molar-refractivity contribution is 0.318. The van der Waals surface area contributed by atoms with E-state index in [2.05, 4.69) is 17.4 Å². The molecular weight excluding hydrogens is 238 g/mol. The van der Waals surface area contributed by atoms with E-state index in [9.17, 15) is 0 Å². The number of oxime groups is 1. The Labute approximate surface area is 105 Å². The molecule has 0 saturated heterocycles. The molecule has 0 unspecified atom stereocenters. The minimum atomic E-state index is 0.0700. The van der Waals surface area contributed by atoms with Crippen LogP contribution in [0.5, 0.6) is 0 Å². The maximum atomic E-state index is 8.57. The summed E-state index contributed by atoms with van der Waals surface area (Å²) in [4.78, 5) is 0. The van der Waals surface area contributed by atoms with Crippen LogP contribution in [0.4, 0.5) is 0 Å². The van der Waals surface area contributed by atoms with Crippen molar-refractivity contribution in [2.75, 3.05) is 0 Å². The van der Waals surface area contributed by atoms with Crippen molar-refractivity contribution in [3.05, 3.63) is 34.3 Å². The maximum Gasteiger partial charge on any atom is 0.170 e. The third-order valence-electron chi connectivity index (χ3n) is 3.16. The van der Waals surface area contributed by atoms with Crippen LogP contribution in [-0.2, 0) is 6.54 Å². The molecule has 1 saturated carbocycles. The number of hydrogen-bond donors (Lipinski definition) is 3. The monoisotopic (exact) mass is 253 g/mol. The van der Waals surface area contributed by atoms with Gasteiger partial charge in [-0.25, -0.2) is 0 Å². The molecule has 1 aromatic rings. The first-order valence-electron chi connectivity index (χ1n) is 5.55. The zero-order valence-corrected chi connectivity index (χ0v) is 10.5. The van der Waals surface area contributed by atoms with E-state index in [1.54, 1.807) is 12.1 Å². The Bertz CT molecular complexity index is 455. The number of rotatable bonds is 4. The number of nitrogens with two attached hydrogens (primary N) is 1. The smallest absolute Gasteiger partial charge is 0.170 e. The second kappa shape index (κ2) is 4.55. The van der Waals surface area contributed by atoms with Crippen LogP contribution in [0.3, 0.4) is 0 Å². The number of amidine groups is 1. The fraction of sp³-hybridized carbons (Fsp3) is 0.417. The summed E-state index contributed by atoms with van der Waals surface area (Å²) in [6.07, 6.45) is 2.43. The molecule has 1 aromatic carbocycles. The van der Waals surface area contributed by atoms with Crippen molar-refractivity contribution in [1.29, 1.82) is 0 Å². The molecule has 17 heavy (non-hydrogen) atoms. The van der Waals surface area contributed by atoms with Crippen LogP contribution < -0.4 is 11.1 Å². The highest BCUT2D eigenvalue weighted by Crippen LogP contribution is 2.34. The van der Waals surface area contributed by atoms with Crippen molar-refractivity contribution < 1.29 is 5.21 Å². The van der Waals surface area contributed by atoms with E-state index in [1.807, 2.05) is 6.07 Å². The molecule has 0 heterocycles. The summed E-state index contributed by atoms with van der Waals surface area (Å²) < 4.78 is 0. The van der Waals surface area contributed by atoms with E-state index in [0.29, 0.717) is 10.6 Å². The molecule has 1 aliphatic rings. The van der Waals surface area contributed by atoms with Crippen LogP contribution in [0.2, 0.25) is 5.02 Å². The maximum absolute atomic E-state index is 8.57. The molecule has 0 amide bonds. The lowest BCUT2D eigenvalue weighted by atomic mass is 10.1. The zero-order valence-electron chi connectivity index (χ0n) is 9.70. The Balaban J connectivity index is 2.08. The Morgan fingerprint density at radius 3 is 2.82 bits per heavy atom. The molecule has 2 rings (SSSR count). The molecule has 4 N–H and O–H groups in total. The second-order valence-corrected chi connectivity index (χ2v) is 5.11. The normalized spacial score (nSPS) is 18.1. The van der Waals surface area contributed by atoms with Gasteiger partial charge >= 0.3 is 0 Å². The minimum Gasteiger partial charge on any atom is -0.409 e. The van der Waals surface area contributed by atoms with Gasteiger partial charge in [0.2, 0.25) is 0 Å². The molecule has 0 aliphatic heterocycles. The van der Waals surface area contributed by atoms with Crippen molar-refractivity contribution in [3.63, 3.8) is 0 Å². The van der Waals surface area contributed by atoms with Crippen LogP contribution in [0.1, 0.15) is 30.9 Å². The first kappa shape index (κ1) is 12.2. The van der Waals surface area contributed by atoms with E-state index in [4.69, 9.17) is 22.5 Å². The molecular formula is C12H16ClN3O. The van der Waals surface area contributed by atoms with Crippen LogP contribution in [0.25, 0.3) is 0 Å². The first-order valence-corrected chi connectivity index (χ1v) is 5.93. The van der Waals surface area contributed by atoms with E-state index in [-0.39, 0.29) is 11.4 Å². The highest BCUT2D eigenvalue weighted by atomic mass is 35.5. The largest absolute Gasteiger partial charge is 0.409 e. The molecule has 92 valence electrons. The average Bonchev–Trinajstić information content (AvgIpc) is 3.05. The van der Waals surface area contributed by atoms with Gasteiger partial charge < -0.3 is 16.3 Å². The number of hydrogen-bond acceptors (Lipinski definition) is 3. The summed E-state index contributed by atoms with van der Waals surface area (Å²) in [5.41, 5.74) is 7.42. The van der Waals surface area contributed by atoms with Crippen molar-refractivity contribution >= 4 is 17.4 Å². The van der Waals surface area contributed by atoms with Gasteiger partial charge in [-0.3, -0.25) is 0 Å². The van der Waals surface area contributed by atoms with Gasteiger partial charge in [-0.1, -0.05) is 28.9 Å². The van der Waals surface area contributed by atoms with Gasteiger partial charge in [-0.15, -0.1) is 0 Å². The van der Waals surface area contributed by atoms with Crippen LogP contribution in [-0.4, -0.2) is 16.6 Å². The highest BCUT2D eigenvalue weighted by Gasteiger charge is 2.36. The summed E-state index contributed by atoms with van der Waals surface area (Å²) in [6.45, 7) is 2.94. The predicted octanol–water partition coefficient (Wildman–Crippen LogP) is 2.08. The van der Waals surface area contributed by atoms with E-state index < -0.39 is 0 Å². The Kier molecular flexibility index (Phi) is 3.26. The molecule has 0 spiro atoms. The van der Waals surface area contributed by atoms with Gasteiger partial charge in [-0.2, -0.15) is 0 Å². The van der Waals surface area contributed by atoms with Crippen LogP contribution in [0, 0.1) is 0 Å². The van der Waals surface area contributed by atoms with Crippen molar-refractivity contribution in [1.82, 2.24) is 5.32 Å². The summed E-state index contributed by atoms with van der Waals surface area (Å²) >= 11 is 6.15. The average molecular weight is 254 g/mol. The topological polar surface area (TPSA) is 70.6 Å². The third-order valence-corrected chi connectivity index (χ3v) is 3.51. The van der Waals surface area contributed by atoms with Gasteiger partial charge in [0.1, 0.15) is 0 Å². The van der Waals surface area contributed by atoms with E-state index in [1.165, 1.54) is 12.8 Å². The number of benzene rings is 1.